The molecule has 0 aliphatic heterocycles. The summed E-state index contributed by atoms with van der Waals surface area (Å²) >= 11 is 6.34. The van der Waals surface area contributed by atoms with Gasteiger partial charge in [0.2, 0.25) is 0 Å². The molecule has 104 valence electrons. The maximum absolute atomic E-state index is 6.34. The number of rotatable bonds is 6. The van der Waals surface area contributed by atoms with Gasteiger partial charge < -0.3 is 9.84 Å². The molecule has 2 rings (SSSR count). The summed E-state index contributed by atoms with van der Waals surface area (Å²) < 4.78 is 7.09. The van der Waals surface area contributed by atoms with Gasteiger partial charge in [0.1, 0.15) is 0 Å². The van der Waals surface area contributed by atoms with E-state index in [0.29, 0.717) is 13.1 Å². The molecule has 0 aromatic carbocycles. The molecule has 2 heterocycles. The molecule has 0 bridgehead atoms. The smallest absolute Gasteiger partial charge is 0.150 e. The lowest BCUT2D eigenvalue weighted by molar-refractivity contribution is 0.368. The van der Waals surface area contributed by atoms with E-state index in [1.807, 2.05) is 17.7 Å². The minimum atomic E-state index is 0.632. The highest BCUT2D eigenvalue weighted by Crippen LogP contribution is 2.21. The number of nitrogens with one attached hydrogen (secondary N) is 1. The Bertz CT molecular complexity index is 547. The van der Waals surface area contributed by atoms with Crippen molar-refractivity contribution in [2.75, 3.05) is 0 Å². The molecule has 6 heteroatoms. The normalized spacial score (nSPS) is 11.2. The average molecular weight is 283 g/mol. The predicted octanol–water partition coefficient (Wildman–Crippen LogP) is 2.71. The van der Waals surface area contributed by atoms with Gasteiger partial charge in [0.05, 0.1) is 28.6 Å². The number of hydrogen-bond acceptors (Lipinski definition) is 4. The molecule has 0 atom stereocenters. The summed E-state index contributed by atoms with van der Waals surface area (Å²) in [6.07, 6.45) is 0.847. The third kappa shape index (κ3) is 3.16. The number of halogens is 1. The Kier molecular flexibility index (Phi) is 4.61. The summed E-state index contributed by atoms with van der Waals surface area (Å²) in [5, 5.41) is 12.4. The van der Waals surface area contributed by atoms with Crippen molar-refractivity contribution in [3.05, 3.63) is 33.9 Å². The van der Waals surface area contributed by atoms with Gasteiger partial charge >= 0.3 is 0 Å². The summed E-state index contributed by atoms with van der Waals surface area (Å²) in [6, 6.07) is 1.92. The van der Waals surface area contributed by atoms with E-state index >= 15 is 0 Å². The predicted molar refractivity (Wildman–Crippen MR) is 74.1 cm³/mol. The van der Waals surface area contributed by atoms with Gasteiger partial charge in [0.25, 0.3) is 0 Å². The second-order valence-corrected chi connectivity index (χ2v) is 4.79. The molecule has 19 heavy (non-hydrogen) atoms. The van der Waals surface area contributed by atoms with Gasteiger partial charge in [-0.05, 0) is 20.3 Å². The Morgan fingerprint density at radius 2 is 2.16 bits per heavy atom. The molecule has 0 saturated heterocycles. The molecule has 0 fully saturated rings. The van der Waals surface area contributed by atoms with E-state index in [0.717, 1.165) is 40.8 Å². The zero-order valence-electron chi connectivity index (χ0n) is 11.5. The number of aromatic nitrogens is 3. The first-order valence-electron chi connectivity index (χ1n) is 6.52. The van der Waals surface area contributed by atoms with E-state index in [1.165, 1.54) is 0 Å². The second kappa shape index (κ2) is 6.21. The molecule has 0 spiro atoms. The topological polar surface area (TPSA) is 55.9 Å². The zero-order valence-corrected chi connectivity index (χ0v) is 12.3. The fraction of sp³-hybridized carbons (Fsp3) is 0.538. The monoisotopic (exact) mass is 282 g/mol. The summed E-state index contributed by atoms with van der Waals surface area (Å²) in [5.74, 6) is 0.826. The molecule has 5 nitrogen and oxygen atoms in total. The third-order valence-corrected chi connectivity index (χ3v) is 3.40. The molecular formula is C13H19ClN4O. The van der Waals surface area contributed by atoms with Gasteiger partial charge in [-0.15, -0.1) is 0 Å². The summed E-state index contributed by atoms with van der Waals surface area (Å²) in [4.78, 5) is 0. The standard InChI is InChI=1S/C13H19ClN4O/c1-4-11-13(14)12(18(5-2)16-11)8-15-7-10-6-9(3)17-19-10/h6,15H,4-5,7-8H2,1-3H3. The Balaban J connectivity index is 2.00. The first-order valence-corrected chi connectivity index (χ1v) is 6.90. The van der Waals surface area contributed by atoms with Gasteiger partial charge in [-0.1, -0.05) is 23.7 Å². The molecule has 0 amide bonds. The van der Waals surface area contributed by atoms with Gasteiger partial charge in [-0.25, -0.2) is 0 Å². The average Bonchev–Trinajstić information content (AvgIpc) is 2.94. The molecule has 1 N–H and O–H groups in total. The lowest BCUT2D eigenvalue weighted by Crippen LogP contribution is -2.16. The van der Waals surface area contributed by atoms with Gasteiger partial charge in [0.15, 0.2) is 5.76 Å². The Morgan fingerprint density at radius 1 is 1.37 bits per heavy atom. The first kappa shape index (κ1) is 14.1. The first-order chi connectivity index (χ1) is 9.15. The van der Waals surface area contributed by atoms with Crippen molar-refractivity contribution in [3.8, 4) is 0 Å². The molecule has 0 radical (unpaired) electrons. The van der Waals surface area contributed by atoms with Crippen LogP contribution >= 0.6 is 11.6 Å². The van der Waals surface area contributed by atoms with Crippen LogP contribution < -0.4 is 5.32 Å². The maximum atomic E-state index is 6.34. The highest BCUT2D eigenvalue weighted by molar-refractivity contribution is 6.31. The van der Waals surface area contributed by atoms with E-state index in [4.69, 9.17) is 16.1 Å². The lowest BCUT2D eigenvalue weighted by atomic mass is 10.3. The van der Waals surface area contributed by atoms with E-state index in [9.17, 15) is 0 Å². The van der Waals surface area contributed by atoms with Gasteiger partial charge in [0, 0.05) is 19.2 Å². The SMILES string of the molecule is CCc1nn(CC)c(CNCc2cc(C)no2)c1Cl. The summed E-state index contributed by atoms with van der Waals surface area (Å²) in [5.41, 5.74) is 2.87. The van der Waals surface area contributed by atoms with Crippen LogP contribution in [0.1, 0.15) is 36.7 Å². The maximum Gasteiger partial charge on any atom is 0.150 e. The summed E-state index contributed by atoms with van der Waals surface area (Å²) in [7, 11) is 0. The van der Waals surface area contributed by atoms with Crippen LogP contribution in [0.2, 0.25) is 5.02 Å². The Hall–Kier alpha value is -1.33. The van der Waals surface area contributed by atoms with Gasteiger partial charge in [-0.3, -0.25) is 4.68 Å². The number of aryl methyl sites for hydroxylation is 3. The van der Waals surface area contributed by atoms with Crippen molar-refractivity contribution in [1.82, 2.24) is 20.3 Å². The van der Waals surface area contributed by atoms with E-state index in [1.54, 1.807) is 0 Å². The zero-order chi connectivity index (χ0) is 13.8. The largest absolute Gasteiger partial charge is 0.360 e. The van der Waals surface area contributed by atoms with Crippen molar-refractivity contribution < 1.29 is 4.52 Å². The molecule has 2 aromatic heterocycles. The minimum absolute atomic E-state index is 0.632. The number of hydrogen-bond donors (Lipinski definition) is 1. The van der Waals surface area contributed by atoms with Crippen LogP contribution in [-0.2, 0) is 26.1 Å². The highest BCUT2D eigenvalue weighted by Gasteiger charge is 2.13. The van der Waals surface area contributed by atoms with Crippen molar-refractivity contribution in [2.24, 2.45) is 0 Å². The van der Waals surface area contributed by atoms with E-state index in [-0.39, 0.29) is 0 Å². The molecule has 2 aromatic rings. The van der Waals surface area contributed by atoms with Crippen LogP contribution in [-0.4, -0.2) is 14.9 Å². The van der Waals surface area contributed by atoms with E-state index < -0.39 is 0 Å². The van der Waals surface area contributed by atoms with Crippen LogP contribution in [0, 0.1) is 6.92 Å². The minimum Gasteiger partial charge on any atom is -0.360 e. The molecule has 0 saturated carbocycles. The van der Waals surface area contributed by atoms with Crippen LogP contribution in [0.3, 0.4) is 0 Å². The molecular weight excluding hydrogens is 264 g/mol. The molecule has 0 unspecified atom stereocenters. The van der Waals surface area contributed by atoms with Crippen LogP contribution in [0.15, 0.2) is 10.6 Å². The van der Waals surface area contributed by atoms with Gasteiger partial charge in [-0.2, -0.15) is 5.10 Å². The van der Waals surface area contributed by atoms with Crippen LogP contribution in [0.5, 0.6) is 0 Å². The fourth-order valence-electron chi connectivity index (χ4n) is 1.99. The molecule has 0 aliphatic carbocycles. The van der Waals surface area contributed by atoms with Crippen molar-refractivity contribution in [2.45, 2.75) is 46.8 Å². The van der Waals surface area contributed by atoms with E-state index in [2.05, 4.69) is 29.4 Å². The Labute approximate surface area is 117 Å². The lowest BCUT2D eigenvalue weighted by Gasteiger charge is -2.05. The second-order valence-electron chi connectivity index (χ2n) is 4.41. The van der Waals surface area contributed by atoms with Crippen molar-refractivity contribution in [3.63, 3.8) is 0 Å². The quantitative estimate of drug-likeness (QED) is 0.885. The van der Waals surface area contributed by atoms with Crippen molar-refractivity contribution in [1.29, 1.82) is 0 Å². The van der Waals surface area contributed by atoms with Crippen LogP contribution in [0.25, 0.3) is 0 Å². The van der Waals surface area contributed by atoms with Crippen molar-refractivity contribution >= 4 is 11.6 Å². The third-order valence-electron chi connectivity index (χ3n) is 2.96. The fourth-order valence-corrected chi connectivity index (χ4v) is 2.33. The Morgan fingerprint density at radius 3 is 2.74 bits per heavy atom. The van der Waals surface area contributed by atoms with Crippen LogP contribution in [0.4, 0.5) is 0 Å². The summed E-state index contributed by atoms with van der Waals surface area (Å²) in [6.45, 7) is 8.14. The molecule has 0 aliphatic rings. The number of nitrogens with zero attached hydrogens (tertiary/aromatic N) is 3. The highest BCUT2D eigenvalue weighted by atomic mass is 35.5.